The molecule has 0 fully saturated rings. The maximum atomic E-state index is 6.05. The molecule has 0 aliphatic carbocycles. The van der Waals surface area contributed by atoms with Gasteiger partial charge in [-0.3, -0.25) is 9.38 Å². The molecule has 0 saturated carbocycles. The number of pyridine rings is 1. The molecule has 0 saturated heterocycles. The lowest BCUT2D eigenvalue weighted by atomic mass is 10.2. The van der Waals surface area contributed by atoms with Crippen molar-refractivity contribution in [2.45, 2.75) is 6.92 Å². The van der Waals surface area contributed by atoms with Gasteiger partial charge in [0, 0.05) is 22.4 Å². The summed E-state index contributed by atoms with van der Waals surface area (Å²) in [5, 5.41) is 9.14. The van der Waals surface area contributed by atoms with Gasteiger partial charge in [-0.1, -0.05) is 27.5 Å². The molecule has 0 aliphatic heterocycles. The largest absolute Gasteiger partial charge is 0.272 e. The minimum Gasteiger partial charge on any atom is -0.272 e. The van der Waals surface area contributed by atoms with Crippen LogP contribution in [0.5, 0.6) is 0 Å². The number of aromatic nitrogens is 5. The van der Waals surface area contributed by atoms with Crippen LogP contribution in [0.15, 0.2) is 41.1 Å². The Labute approximate surface area is 139 Å². The van der Waals surface area contributed by atoms with Crippen LogP contribution in [0, 0.1) is 6.92 Å². The second-order valence-electron chi connectivity index (χ2n) is 4.90. The molecule has 22 heavy (non-hydrogen) atoms. The van der Waals surface area contributed by atoms with Crippen molar-refractivity contribution in [3.63, 3.8) is 0 Å². The molecule has 108 valence electrons. The molecular weight excluding hydrogens is 366 g/mol. The smallest absolute Gasteiger partial charge is 0.183 e. The van der Waals surface area contributed by atoms with Crippen molar-refractivity contribution in [2.75, 3.05) is 0 Å². The molecule has 0 aliphatic rings. The second kappa shape index (κ2) is 5.00. The zero-order valence-electron chi connectivity index (χ0n) is 11.5. The van der Waals surface area contributed by atoms with Gasteiger partial charge in [-0.05, 0) is 31.2 Å². The van der Waals surface area contributed by atoms with Crippen molar-refractivity contribution >= 4 is 44.2 Å². The monoisotopic (exact) mass is 373 g/mol. The minimum atomic E-state index is 0.561. The van der Waals surface area contributed by atoms with Crippen LogP contribution in [0.1, 0.15) is 5.69 Å². The Kier molecular flexibility index (Phi) is 3.09. The van der Waals surface area contributed by atoms with Gasteiger partial charge >= 0.3 is 0 Å². The fraction of sp³-hybridized carbons (Fsp3) is 0.0667. The summed E-state index contributed by atoms with van der Waals surface area (Å²) in [4.78, 5) is 8.71. The summed E-state index contributed by atoms with van der Waals surface area (Å²) in [6.45, 7) is 1.92. The first kappa shape index (κ1) is 13.6. The number of hydrogen-bond acceptors (Lipinski definition) is 4. The van der Waals surface area contributed by atoms with Gasteiger partial charge in [0.25, 0.3) is 0 Å². The fourth-order valence-electron chi connectivity index (χ4n) is 2.47. The maximum absolute atomic E-state index is 6.05. The van der Waals surface area contributed by atoms with Crippen LogP contribution in [-0.2, 0) is 0 Å². The number of rotatable bonds is 1. The Hall–Kier alpha value is -2.05. The summed E-state index contributed by atoms with van der Waals surface area (Å²) >= 11 is 9.55. The number of fused-ring (bicyclic) bond motifs is 3. The average Bonchev–Trinajstić information content (AvgIpc) is 2.94. The second-order valence-corrected chi connectivity index (χ2v) is 6.26. The van der Waals surface area contributed by atoms with Crippen LogP contribution in [-0.4, -0.2) is 24.6 Å². The Morgan fingerprint density at radius 1 is 1.14 bits per heavy atom. The normalized spacial score (nSPS) is 11.4. The van der Waals surface area contributed by atoms with E-state index in [2.05, 4.69) is 36.1 Å². The van der Waals surface area contributed by atoms with E-state index in [1.165, 1.54) is 0 Å². The van der Waals surface area contributed by atoms with Crippen LogP contribution in [0.3, 0.4) is 0 Å². The molecule has 0 amide bonds. The maximum Gasteiger partial charge on any atom is 0.183 e. The zero-order chi connectivity index (χ0) is 15.3. The summed E-state index contributed by atoms with van der Waals surface area (Å²) in [7, 11) is 0. The molecule has 0 bridgehead atoms. The van der Waals surface area contributed by atoms with Gasteiger partial charge in [-0.2, -0.15) is 0 Å². The lowest BCUT2D eigenvalue weighted by Crippen LogP contribution is -1.97. The van der Waals surface area contributed by atoms with E-state index in [4.69, 9.17) is 11.6 Å². The summed E-state index contributed by atoms with van der Waals surface area (Å²) in [5.74, 6) is 0.693. The number of benzene rings is 1. The Morgan fingerprint density at radius 3 is 2.82 bits per heavy atom. The molecule has 0 radical (unpaired) electrons. The van der Waals surface area contributed by atoms with Crippen LogP contribution in [0.4, 0.5) is 0 Å². The van der Waals surface area contributed by atoms with Gasteiger partial charge in [0.05, 0.1) is 21.7 Å². The van der Waals surface area contributed by atoms with Crippen molar-refractivity contribution in [3.05, 3.63) is 51.8 Å². The van der Waals surface area contributed by atoms with Crippen LogP contribution in [0.2, 0.25) is 5.02 Å². The summed E-state index contributed by atoms with van der Waals surface area (Å²) in [6.07, 6.45) is 3.32. The van der Waals surface area contributed by atoms with Crippen LogP contribution in [0.25, 0.3) is 28.1 Å². The number of hydrogen-bond donors (Lipinski definition) is 0. The third-order valence-corrected chi connectivity index (χ3v) is 4.12. The average molecular weight is 375 g/mol. The summed E-state index contributed by atoms with van der Waals surface area (Å²) in [5.41, 5.74) is 4.16. The van der Waals surface area contributed by atoms with Crippen molar-refractivity contribution in [3.8, 4) is 11.4 Å². The molecular formula is C15H9BrClN5. The van der Waals surface area contributed by atoms with E-state index in [1.807, 2.05) is 35.6 Å². The number of nitrogens with zero attached hydrogens (tertiary/aromatic N) is 5. The lowest BCUT2D eigenvalue weighted by Gasteiger charge is -2.07. The quantitative estimate of drug-likeness (QED) is 0.504. The van der Waals surface area contributed by atoms with Crippen LogP contribution >= 0.6 is 27.5 Å². The Balaban J connectivity index is 2.16. The molecule has 7 heteroatoms. The minimum absolute atomic E-state index is 0.561. The van der Waals surface area contributed by atoms with E-state index in [-0.39, 0.29) is 0 Å². The molecule has 0 spiro atoms. The highest BCUT2D eigenvalue weighted by Gasteiger charge is 2.15. The van der Waals surface area contributed by atoms with E-state index in [1.54, 1.807) is 12.4 Å². The molecule has 0 atom stereocenters. The molecule has 4 rings (SSSR count). The zero-order valence-corrected chi connectivity index (χ0v) is 13.8. The standard InChI is InChI=1S/C15H9BrClN5/c1-8-14-20-21-15(9-4-11(17)7-18-6-9)22(14)13-5-10(16)2-3-12(13)19-8/h2-7H,1H3. The van der Waals surface area contributed by atoms with Gasteiger partial charge < -0.3 is 0 Å². The molecule has 0 N–H and O–H groups in total. The van der Waals surface area contributed by atoms with Crippen molar-refractivity contribution in [1.82, 2.24) is 24.6 Å². The molecule has 3 heterocycles. The highest BCUT2D eigenvalue weighted by molar-refractivity contribution is 9.10. The Morgan fingerprint density at radius 2 is 2.00 bits per heavy atom. The van der Waals surface area contributed by atoms with E-state index < -0.39 is 0 Å². The highest BCUT2D eigenvalue weighted by Crippen LogP contribution is 2.27. The van der Waals surface area contributed by atoms with Gasteiger partial charge in [0.15, 0.2) is 11.5 Å². The van der Waals surface area contributed by atoms with E-state index in [9.17, 15) is 0 Å². The summed E-state index contributed by atoms with van der Waals surface area (Å²) in [6, 6.07) is 7.75. The van der Waals surface area contributed by atoms with Gasteiger partial charge in [0.2, 0.25) is 0 Å². The van der Waals surface area contributed by atoms with Crippen molar-refractivity contribution < 1.29 is 0 Å². The first-order valence-corrected chi connectivity index (χ1v) is 7.72. The molecule has 5 nitrogen and oxygen atoms in total. The molecule has 0 unspecified atom stereocenters. The van der Waals surface area contributed by atoms with Crippen molar-refractivity contribution in [1.29, 1.82) is 0 Å². The number of aryl methyl sites for hydroxylation is 1. The topological polar surface area (TPSA) is 56.0 Å². The van der Waals surface area contributed by atoms with Crippen LogP contribution < -0.4 is 0 Å². The fourth-order valence-corrected chi connectivity index (χ4v) is 2.99. The van der Waals surface area contributed by atoms with Crippen molar-refractivity contribution in [2.24, 2.45) is 0 Å². The van der Waals surface area contributed by atoms with E-state index in [0.717, 1.165) is 32.4 Å². The van der Waals surface area contributed by atoms with Gasteiger partial charge in [-0.15, -0.1) is 10.2 Å². The predicted molar refractivity (Wildman–Crippen MR) is 89.0 cm³/mol. The lowest BCUT2D eigenvalue weighted by molar-refractivity contribution is 1.10. The SMILES string of the molecule is Cc1nc2ccc(Br)cc2n2c(-c3cncc(Cl)c3)nnc12. The Bertz CT molecular complexity index is 1030. The predicted octanol–water partition coefficient (Wildman–Crippen LogP) is 4.06. The first-order valence-electron chi connectivity index (χ1n) is 6.55. The van der Waals surface area contributed by atoms with E-state index >= 15 is 0 Å². The van der Waals surface area contributed by atoms with Gasteiger partial charge in [0.1, 0.15) is 0 Å². The molecule has 1 aromatic carbocycles. The third kappa shape index (κ3) is 2.07. The number of halogens is 2. The molecule has 4 aromatic rings. The van der Waals surface area contributed by atoms with Gasteiger partial charge in [-0.25, -0.2) is 4.98 Å². The first-order chi connectivity index (χ1) is 10.6. The van der Waals surface area contributed by atoms with E-state index in [0.29, 0.717) is 10.8 Å². The molecule has 3 aromatic heterocycles. The third-order valence-electron chi connectivity index (χ3n) is 3.42. The summed E-state index contributed by atoms with van der Waals surface area (Å²) < 4.78 is 2.95. The highest BCUT2D eigenvalue weighted by atomic mass is 79.9.